The lowest BCUT2D eigenvalue weighted by molar-refractivity contribution is -0.119. The zero-order chi connectivity index (χ0) is 20.5. The Balaban J connectivity index is 2.00. The lowest BCUT2D eigenvalue weighted by atomic mass is 10.2. The van der Waals surface area contributed by atoms with Crippen molar-refractivity contribution in [2.24, 2.45) is 0 Å². The molecule has 2 rings (SSSR count). The normalized spacial score (nSPS) is 10.1. The summed E-state index contributed by atoms with van der Waals surface area (Å²) in [5, 5.41) is 3.00. The third-order valence-electron chi connectivity index (χ3n) is 3.54. The number of carbonyl (C=O) groups is 2. The van der Waals surface area contributed by atoms with E-state index in [1.54, 1.807) is 30.3 Å². The topological polar surface area (TPSA) is 83.1 Å². The van der Waals surface area contributed by atoms with Crippen LogP contribution in [-0.2, 0) is 9.53 Å². The molecule has 0 fully saturated rings. The highest BCUT2D eigenvalue weighted by Crippen LogP contribution is 2.30. The van der Waals surface area contributed by atoms with E-state index in [0.717, 1.165) is 0 Å². The minimum atomic E-state index is -0.712. The van der Waals surface area contributed by atoms with Gasteiger partial charge >= 0.3 is 5.97 Å². The van der Waals surface area contributed by atoms with E-state index < -0.39 is 18.5 Å². The number of anilines is 1. The van der Waals surface area contributed by atoms with Crippen molar-refractivity contribution in [2.75, 3.05) is 32.2 Å². The van der Waals surface area contributed by atoms with Crippen LogP contribution in [0.5, 0.6) is 17.2 Å². The number of carbonyl (C=O) groups excluding carboxylic acids is 2. The van der Waals surface area contributed by atoms with E-state index in [1.165, 1.54) is 13.2 Å². The molecular weight excluding hydrogens is 386 g/mol. The maximum atomic E-state index is 12.2. The second kappa shape index (κ2) is 10.4. The minimum Gasteiger partial charge on any atom is -0.496 e. The Morgan fingerprint density at radius 1 is 0.964 bits per heavy atom. The van der Waals surface area contributed by atoms with Crippen LogP contribution in [0.4, 0.5) is 5.69 Å². The SMILES string of the molecule is CCOc1ccc(NC(=O)COC(=O)c2cc(Cl)ccc2OC)cc1OCC. The van der Waals surface area contributed by atoms with Crippen LogP contribution in [0.1, 0.15) is 24.2 Å². The van der Waals surface area contributed by atoms with E-state index in [-0.39, 0.29) is 5.56 Å². The molecule has 0 spiro atoms. The van der Waals surface area contributed by atoms with Gasteiger partial charge in [0.15, 0.2) is 18.1 Å². The van der Waals surface area contributed by atoms with Crippen LogP contribution >= 0.6 is 11.6 Å². The smallest absolute Gasteiger partial charge is 0.342 e. The first-order valence-electron chi connectivity index (χ1n) is 8.68. The van der Waals surface area contributed by atoms with Gasteiger partial charge in [0.25, 0.3) is 5.91 Å². The second-order valence-electron chi connectivity index (χ2n) is 5.50. The third kappa shape index (κ3) is 5.79. The van der Waals surface area contributed by atoms with Crippen LogP contribution in [-0.4, -0.2) is 38.8 Å². The summed E-state index contributed by atoms with van der Waals surface area (Å²) in [4.78, 5) is 24.3. The number of hydrogen-bond donors (Lipinski definition) is 1. The lowest BCUT2D eigenvalue weighted by Gasteiger charge is -2.13. The fourth-order valence-electron chi connectivity index (χ4n) is 2.37. The fourth-order valence-corrected chi connectivity index (χ4v) is 2.55. The summed E-state index contributed by atoms with van der Waals surface area (Å²) < 4.78 is 21.2. The van der Waals surface area contributed by atoms with Crippen molar-refractivity contribution in [2.45, 2.75) is 13.8 Å². The molecule has 0 aromatic heterocycles. The second-order valence-corrected chi connectivity index (χ2v) is 5.93. The van der Waals surface area contributed by atoms with Gasteiger partial charge < -0.3 is 24.3 Å². The molecule has 1 N–H and O–H groups in total. The summed E-state index contributed by atoms with van der Waals surface area (Å²) in [6.45, 7) is 4.20. The van der Waals surface area contributed by atoms with E-state index >= 15 is 0 Å². The lowest BCUT2D eigenvalue weighted by Crippen LogP contribution is -2.21. The van der Waals surface area contributed by atoms with Crippen molar-refractivity contribution < 1.29 is 28.5 Å². The molecule has 7 nitrogen and oxygen atoms in total. The Morgan fingerprint density at radius 3 is 2.32 bits per heavy atom. The molecule has 1 amide bonds. The summed E-state index contributed by atoms with van der Waals surface area (Å²) in [5.41, 5.74) is 0.635. The average molecular weight is 408 g/mol. The highest BCUT2D eigenvalue weighted by molar-refractivity contribution is 6.31. The monoisotopic (exact) mass is 407 g/mol. The van der Waals surface area contributed by atoms with Gasteiger partial charge in [0.1, 0.15) is 11.3 Å². The molecule has 150 valence electrons. The molecule has 0 atom stereocenters. The van der Waals surface area contributed by atoms with E-state index in [4.69, 9.17) is 30.5 Å². The molecule has 0 bridgehead atoms. The number of esters is 1. The Kier molecular flexibility index (Phi) is 7.95. The maximum absolute atomic E-state index is 12.2. The first-order valence-corrected chi connectivity index (χ1v) is 9.06. The number of hydrogen-bond acceptors (Lipinski definition) is 6. The number of nitrogens with one attached hydrogen (secondary N) is 1. The van der Waals surface area contributed by atoms with Crippen molar-refractivity contribution in [3.8, 4) is 17.2 Å². The predicted molar refractivity (Wildman–Crippen MR) is 106 cm³/mol. The number of ether oxygens (including phenoxy) is 4. The molecule has 2 aromatic carbocycles. The molecule has 0 aliphatic rings. The van der Waals surface area contributed by atoms with Gasteiger partial charge in [0.2, 0.25) is 0 Å². The van der Waals surface area contributed by atoms with Gasteiger partial charge in [-0.25, -0.2) is 4.79 Å². The Hall–Kier alpha value is -2.93. The number of benzene rings is 2. The van der Waals surface area contributed by atoms with Gasteiger partial charge in [-0.1, -0.05) is 11.6 Å². The number of halogens is 1. The molecule has 0 unspecified atom stereocenters. The van der Waals surface area contributed by atoms with Crippen molar-refractivity contribution in [3.05, 3.63) is 47.0 Å². The van der Waals surface area contributed by atoms with Gasteiger partial charge in [-0.3, -0.25) is 4.79 Å². The Labute approximate surface area is 168 Å². The first-order chi connectivity index (χ1) is 13.5. The number of amides is 1. The van der Waals surface area contributed by atoms with Crippen molar-refractivity contribution in [1.82, 2.24) is 0 Å². The average Bonchev–Trinajstić information content (AvgIpc) is 2.68. The zero-order valence-electron chi connectivity index (χ0n) is 15.9. The van der Waals surface area contributed by atoms with Crippen LogP contribution in [0, 0.1) is 0 Å². The summed E-state index contributed by atoms with van der Waals surface area (Å²) in [7, 11) is 1.43. The summed E-state index contributed by atoms with van der Waals surface area (Å²) in [5.74, 6) is 0.199. The molecule has 0 saturated carbocycles. The van der Waals surface area contributed by atoms with Crippen molar-refractivity contribution >= 4 is 29.2 Å². The highest BCUT2D eigenvalue weighted by atomic mass is 35.5. The van der Waals surface area contributed by atoms with Gasteiger partial charge in [-0.05, 0) is 44.2 Å². The van der Waals surface area contributed by atoms with Crippen LogP contribution in [0.25, 0.3) is 0 Å². The van der Waals surface area contributed by atoms with E-state index in [1.807, 2.05) is 13.8 Å². The minimum absolute atomic E-state index is 0.141. The summed E-state index contributed by atoms with van der Waals surface area (Å²) >= 11 is 5.90. The van der Waals surface area contributed by atoms with Crippen molar-refractivity contribution in [1.29, 1.82) is 0 Å². The Bertz CT molecular complexity index is 839. The molecule has 28 heavy (non-hydrogen) atoms. The molecule has 0 heterocycles. The van der Waals surface area contributed by atoms with Gasteiger partial charge in [-0.15, -0.1) is 0 Å². The highest BCUT2D eigenvalue weighted by Gasteiger charge is 2.16. The van der Waals surface area contributed by atoms with Gasteiger partial charge in [0, 0.05) is 16.8 Å². The molecular formula is C20H22ClNO6. The molecule has 0 radical (unpaired) electrons. The summed E-state index contributed by atoms with van der Waals surface area (Å²) in [6, 6.07) is 9.58. The molecule has 0 aliphatic heterocycles. The molecule has 0 saturated heterocycles. The zero-order valence-corrected chi connectivity index (χ0v) is 16.7. The fraction of sp³-hybridized carbons (Fsp3) is 0.300. The Morgan fingerprint density at radius 2 is 1.64 bits per heavy atom. The first kappa shape index (κ1) is 21.4. The van der Waals surface area contributed by atoms with Crippen LogP contribution in [0.3, 0.4) is 0 Å². The van der Waals surface area contributed by atoms with Gasteiger partial charge in [-0.2, -0.15) is 0 Å². The third-order valence-corrected chi connectivity index (χ3v) is 3.78. The number of rotatable bonds is 9. The van der Waals surface area contributed by atoms with E-state index in [0.29, 0.717) is 41.2 Å². The standard InChI is InChI=1S/C20H22ClNO6/c1-4-26-17-9-7-14(11-18(17)27-5-2)22-19(23)12-28-20(24)15-10-13(21)6-8-16(15)25-3/h6-11H,4-5,12H2,1-3H3,(H,22,23). The van der Waals surface area contributed by atoms with Crippen LogP contribution in [0.2, 0.25) is 5.02 Å². The van der Waals surface area contributed by atoms with E-state index in [2.05, 4.69) is 5.32 Å². The van der Waals surface area contributed by atoms with Crippen LogP contribution < -0.4 is 19.5 Å². The molecule has 0 aliphatic carbocycles. The van der Waals surface area contributed by atoms with Crippen molar-refractivity contribution in [3.63, 3.8) is 0 Å². The largest absolute Gasteiger partial charge is 0.496 e. The quantitative estimate of drug-likeness (QED) is 0.634. The number of methoxy groups -OCH3 is 1. The predicted octanol–water partition coefficient (Wildman–Crippen LogP) is 3.94. The summed E-state index contributed by atoms with van der Waals surface area (Å²) in [6.07, 6.45) is 0. The van der Waals surface area contributed by atoms with Gasteiger partial charge in [0.05, 0.1) is 20.3 Å². The molecule has 8 heteroatoms. The maximum Gasteiger partial charge on any atom is 0.342 e. The van der Waals surface area contributed by atoms with Crippen LogP contribution in [0.15, 0.2) is 36.4 Å². The molecule has 2 aromatic rings. The van der Waals surface area contributed by atoms with E-state index in [9.17, 15) is 9.59 Å².